The Hall–Kier alpha value is -2.11. The Morgan fingerprint density at radius 3 is 3.05 bits per heavy atom. The third-order valence-corrected chi connectivity index (χ3v) is 3.81. The average molecular weight is 261 g/mol. The van der Waals surface area contributed by atoms with Gasteiger partial charge in [0.15, 0.2) is 0 Å². The van der Waals surface area contributed by atoms with Crippen LogP contribution in [0.2, 0.25) is 0 Å². The molecule has 3 rings (SSSR count). The summed E-state index contributed by atoms with van der Waals surface area (Å²) < 4.78 is 0. The first-order chi connectivity index (χ1) is 9.16. The fourth-order valence-electron chi connectivity index (χ4n) is 2.79. The van der Waals surface area contributed by atoms with E-state index in [-0.39, 0.29) is 29.2 Å². The molecule has 6 heteroatoms. The number of piperazine rings is 1. The van der Waals surface area contributed by atoms with Gasteiger partial charge in [0.05, 0.1) is 11.8 Å². The molecule has 0 aliphatic carbocycles. The summed E-state index contributed by atoms with van der Waals surface area (Å²) >= 11 is 0. The van der Waals surface area contributed by atoms with Crippen LogP contribution >= 0.6 is 0 Å². The molecule has 0 spiro atoms. The van der Waals surface area contributed by atoms with E-state index in [9.17, 15) is 14.7 Å². The average Bonchev–Trinajstić information content (AvgIpc) is 2.80. The second-order valence-electron chi connectivity index (χ2n) is 4.92. The Bertz CT molecular complexity index is 532. The number of aromatic hydroxyl groups is 1. The molecule has 1 aromatic rings. The van der Waals surface area contributed by atoms with Crippen molar-refractivity contribution >= 4 is 11.8 Å². The van der Waals surface area contributed by atoms with Gasteiger partial charge in [0.2, 0.25) is 5.91 Å². The van der Waals surface area contributed by atoms with Gasteiger partial charge < -0.3 is 14.9 Å². The van der Waals surface area contributed by atoms with E-state index in [0.717, 1.165) is 6.42 Å². The molecule has 6 nitrogen and oxygen atoms in total. The van der Waals surface area contributed by atoms with E-state index >= 15 is 0 Å². The van der Waals surface area contributed by atoms with Crippen molar-refractivity contribution in [1.82, 2.24) is 14.8 Å². The van der Waals surface area contributed by atoms with Gasteiger partial charge in [-0.3, -0.25) is 14.6 Å². The standard InChI is InChI=1S/C13H15N3O3/c17-11-7-14-4-3-10(11)13(19)15-5-6-16-9(8-15)1-2-12(16)18/h3-4,7,9,17H,1-2,5-6,8H2. The van der Waals surface area contributed by atoms with Gasteiger partial charge in [0.25, 0.3) is 5.91 Å². The van der Waals surface area contributed by atoms with Crippen LogP contribution in [0.15, 0.2) is 18.5 Å². The number of carbonyl (C=O) groups is 2. The Kier molecular flexibility index (Phi) is 2.85. The van der Waals surface area contributed by atoms with Gasteiger partial charge in [-0.15, -0.1) is 0 Å². The summed E-state index contributed by atoms with van der Waals surface area (Å²) in [5, 5.41) is 9.67. The minimum Gasteiger partial charge on any atom is -0.505 e. The van der Waals surface area contributed by atoms with Crippen molar-refractivity contribution < 1.29 is 14.7 Å². The monoisotopic (exact) mass is 261 g/mol. The van der Waals surface area contributed by atoms with E-state index in [4.69, 9.17) is 0 Å². The number of carbonyl (C=O) groups excluding carboxylic acids is 2. The Morgan fingerprint density at radius 1 is 1.42 bits per heavy atom. The van der Waals surface area contributed by atoms with Gasteiger partial charge in [-0.05, 0) is 12.5 Å². The number of hydrogen-bond donors (Lipinski definition) is 1. The molecule has 100 valence electrons. The number of aromatic nitrogens is 1. The highest BCUT2D eigenvalue weighted by Crippen LogP contribution is 2.25. The van der Waals surface area contributed by atoms with E-state index in [1.807, 2.05) is 4.90 Å². The van der Waals surface area contributed by atoms with Gasteiger partial charge in [0.1, 0.15) is 5.75 Å². The second-order valence-corrected chi connectivity index (χ2v) is 4.92. The van der Waals surface area contributed by atoms with Crippen LogP contribution in [0.25, 0.3) is 0 Å². The van der Waals surface area contributed by atoms with E-state index in [2.05, 4.69) is 4.98 Å². The number of fused-ring (bicyclic) bond motifs is 1. The molecule has 19 heavy (non-hydrogen) atoms. The molecule has 2 aliphatic rings. The molecule has 0 aromatic carbocycles. The Labute approximate surface area is 110 Å². The second kappa shape index (κ2) is 4.53. The quantitative estimate of drug-likeness (QED) is 0.785. The smallest absolute Gasteiger partial charge is 0.257 e. The van der Waals surface area contributed by atoms with Crippen LogP contribution in [0, 0.1) is 0 Å². The summed E-state index contributed by atoms with van der Waals surface area (Å²) in [6.45, 7) is 1.65. The fourth-order valence-corrected chi connectivity index (χ4v) is 2.79. The van der Waals surface area contributed by atoms with Crippen LogP contribution in [0.3, 0.4) is 0 Å². The molecule has 1 unspecified atom stereocenters. The summed E-state index contributed by atoms with van der Waals surface area (Å²) in [6.07, 6.45) is 4.14. The largest absolute Gasteiger partial charge is 0.505 e. The summed E-state index contributed by atoms with van der Waals surface area (Å²) in [6, 6.07) is 1.65. The van der Waals surface area contributed by atoms with Crippen molar-refractivity contribution in [1.29, 1.82) is 0 Å². The highest BCUT2D eigenvalue weighted by Gasteiger charge is 2.37. The van der Waals surface area contributed by atoms with E-state index < -0.39 is 0 Å². The zero-order valence-electron chi connectivity index (χ0n) is 10.5. The number of hydrogen-bond acceptors (Lipinski definition) is 4. The van der Waals surface area contributed by atoms with E-state index in [0.29, 0.717) is 26.1 Å². The molecule has 2 fully saturated rings. The van der Waals surface area contributed by atoms with Crippen LogP contribution in [0.1, 0.15) is 23.2 Å². The Balaban J connectivity index is 1.76. The van der Waals surface area contributed by atoms with Crippen molar-refractivity contribution in [2.24, 2.45) is 0 Å². The molecule has 0 bridgehead atoms. The molecule has 3 heterocycles. The Morgan fingerprint density at radius 2 is 2.26 bits per heavy atom. The molecular weight excluding hydrogens is 246 g/mol. The SMILES string of the molecule is O=C(c1ccncc1O)N1CCN2C(=O)CCC2C1. The lowest BCUT2D eigenvalue weighted by Gasteiger charge is -2.37. The fraction of sp³-hybridized carbons (Fsp3) is 0.462. The summed E-state index contributed by atoms with van der Waals surface area (Å²) in [4.78, 5) is 31.2. The number of nitrogens with zero attached hydrogens (tertiary/aromatic N) is 3. The van der Waals surface area contributed by atoms with Gasteiger partial charge in [-0.2, -0.15) is 0 Å². The molecule has 0 saturated carbocycles. The zero-order valence-corrected chi connectivity index (χ0v) is 10.5. The molecule has 0 radical (unpaired) electrons. The zero-order chi connectivity index (χ0) is 13.4. The van der Waals surface area contributed by atoms with Crippen molar-refractivity contribution in [3.8, 4) is 5.75 Å². The molecule has 1 aromatic heterocycles. The minimum absolute atomic E-state index is 0.0996. The van der Waals surface area contributed by atoms with Crippen molar-refractivity contribution in [2.45, 2.75) is 18.9 Å². The van der Waals surface area contributed by atoms with Gasteiger partial charge in [-0.1, -0.05) is 0 Å². The molecule has 1 N–H and O–H groups in total. The first-order valence-electron chi connectivity index (χ1n) is 6.38. The predicted molar refractivity (Wildman–Crippen MR) is 66.5 cm³/mol. The number of pyridine rings is 1. The van der Waals surface area contributed by atoms with Crippen LogP contribution in [0.4, 0.5) is 0 Å². The third-order valence-electron chi connectivity index (χ3n) is 3.81. The lowest BCUT2D eigenvalue weighted by Crippen LogP contribution is -2.53. The van der Waals surface area contributed by atoms with Crippen molar-refractivity contribution in [2.75, 3.05) is 19.6 Å². The molecular formula is C13H15N3O3. The van der Waals surface area contributed by atoms with Gasteiger partial charge in [-0.25, -0.2) is 0 Å². The van der Waals surface area contributed by atoms with Crippen molar-refractivity contribution in [3.05, 3.63) is 24.0 Å². The maximum absolute atomic E-state index is 12.3. The van der Waals surface area contributed by atoms with E-state index in [1.165, 1.54) is 18.5 Å². The maximum Gasteiger partial charge on any atom is 0.257 e. The number of rotatable bonds is 1. The molecule has 2 amide bonds. The lowest BCUT2D eigenvalue weighted by molar-refractivity contribution is -0.130. The van der Waals surface area contributed by atoms with Gasteiger partial charge in [0, 0.05) is 38.3 Å². The highest BCUT2D eigenvalue weighted by atomic mass is 16.3. The third kappa shape index (κ3) is 2.03. The molecule has 1 atom stereocenters. The highest BCUT2D eigenvalue weighted by molar-refractivity contribution is 5.96. The van der Waals surface area contributed by atoms with Crippen LogP contribution in [-0.4, -0.2) is 57.4 Å². The summed E-state index contributed by atoms with van der Waals surface area (Å²) in [7, 11) is 0. The lowest BCUT2D eigenvalue weighted by atomic mass is 10.1. The topological polar surface area (TPSA) is 73.7 Å². The summed E-state index contributed by atoms with van der Waals surface area (Å²) in [5.41, 5.74) is 0.271. The maximum atomic E-state index is 12.3. The predicted octanol–water partition coefficient (Wildman–Crippen LogP) is 0.234. The van der Waals surface area contributed by atoms with Crippen LogP contribution in [-0.2, 0) is 4.79 Å². The minimum atomic E-state index is -0.195. The van der Waals surface area contributed by atoms with Gasteiger partial charge >= 0.3 is 0 Å². The van der Waals surface area contributed by atoms with E-state index in [1.54, 1.807) is 4.90 Å². The first kappa shape index (κ1) is 12.0. The van der Waals surface area contributed by atoms with Crippen LogP contribution in [0.5, 0.6) is 5.75 Å². The first-order valence-corrected chi connectivity index (χ1v) is 6.38. The van der Waals surface area contributed by atoms with Crippen LogP contribution < -0.4 is 0 Å². The van der Waals surface area contributed by atoms with Crippen molar-refractivity contribution in [3.63, 3.8) is 0 Å². The molecule has 2 saturated heterocycles. The normalized spacial score (nSPS) is 22.5. The summed E-state index contributed by atoms with van der Waals surface area (Å²) in [5.74, 6) is -0.111. The number of amides is 2. The molecule has 2 aliphatic heterocycles.